The topological polar surface area (TPSA) is 65.9 Å². The number of nitrogens with zero attached hydrogens (tertiary/aromatic N) is 1. The summed E-state index contributed by atoms with van der Waals surface area (Å²) in [7, 11) is 0. The molecule has 0 bridgehead atoms. The zero-order chi connectivity index (χ0) is 17.2. The quantitative estimate of drug-likeness (QED) is 0.415. The minimum absolute atomic E-state index is 0.312. The lowest BCUT2D eigenvalue weighted by atomic mass is 10.2. The summed E-state index contributed by atoms with van der Waals surface area (Å²) in [6.45, 7) is 4.09. The summed E-state index contributed by atoms with van der Waals surface area (Å²) in [5, 5.41) is 15.5. The number of guanidine groups is 1. The van der Waals surface area contributed by atoms with Crippen molar-refractivity contribution in [3.05, 3.63) is 59.9 Å². The maximum Gasteiger partial charge on any atom is 0.191 e. The van der Waals surface area contributed by atoms with Crippen molar-refractivity contribution in [2.24, 2.45) is 4.99 Å². The average molecular weight is 331 g/mol. The van der Waals surface area contributed by atoms with Gasteiger partial charge in [-0.15, -0.1) is 0 Å². The number of phenolic OH excluding ortho intramolecular Hbond substituents is 1. The molecule has 2 aromatic rings. The van der Waals surface area contributed by atoms with E-state index in [1.807, 2.05) is 37.3 Å². The van der Waals surface area contributed by atoms with Gasteiger partial charge < -0.3 is 20.5 Å². The van der Waals surface area contributed by atoms with Gasteiger partial charge in [0, 0.05) is 6.54 Å². The van der Waals surface area contributed by atoms with Gasteiger partial charge in [0.15, 0.2) is 17.5 Å². The maximum absolute atomic E-state index is 13.3. The number of para-hydroxylation sites is 1. The second kappa shape index (κ2) is 9.39. The molecule has 0 radical (unpaired) electrons. The van der Waals surface area contributed by atoms with Crippen LogP contribution < -0.4 is 15.4 Å². The number of aliphatic imine (C=N–C) groups is 1. The molecule has 0 aliphatic rings. The second-order valence-corrected chi connectivity index (χ2v) is 5.07. The average Bonchev–Trinajstić information content (AvgIpc) is 2.60. The predicted octanol–water partition coefficient (Wildman–Crippen LogP) is 2.67. The Morgan fingerprint density at radius 2 is 1.96 bits per heavy atom. The van der Waals surface area contributed by atoms with Gasteiger partial charge in [0.1, 0.15) is 12.4 Å². The zero-order valence-electron chi connectivity index (χ0n) is 13.6. The van der Waals surface area contributed by atoms with Crippen LogP contribution in [0.15, 0.2) is 53.5 Å². The number of hydrogen-bond donors (Lipinski definition) is 3. The second-order valence-electron chi connectivity index (χ2n) is 5.07. The number of aromatic hydroxyl groups is 1. The molecule has 0 fully saturated rings. The summed E-state index contributed by atoms with van der Waals surface area (Å²) >= 11 is 0. The standard InChI is InChI=1S/C18H22FN3O2/c1-2-20-18(21-10-11-24-15-6-4-3-5-7-15)22-13-14-8-9-17(23)16(19)12-14/h3-9,12,23H,2,10-11,13H2,1H3,(H2,20,21,22). The molecule has 0 amide bonds. The highest BCUT2D eigenvalue weighted by Crippen LogP contribution is 2.16. The summed E-state index contributed by atoms with van der Waals surface area (Å²) in [5.41, 5.74) is 0.683. The third-order valence-corrected chi connectivity index (χ3v) is 3.18. The first-order valence-corrected chi connectivity index (χ1v) is 7.86. The van der Waals surface area contributed by atoms with Crippen LogP contribution in [0.3, 0.4) is 0 Å². The van der Waals surface area contributed by atoms with Gasteiger partial charge in [0.05, 0.1) is 13.1 Å². The van der Waals surface area contributed by atoms with Crippen molar-refractivity contribution >= 4 is 5.96 Å². The molecule has 0 spiro atoms. The van der Waals surface area contributed by atoms with E-state index in [0.717, 1.165) is 12.3 Å². The van der Waals surface area contributed by atoms with Crippen molar-refractivity contribution in [2.45, 2.75) is 13.5 Å². The van der Waals surface area contributed by atoms with Crippen LogP contribution in [0.1, 0.15) is 12.5 Å². The SMILES string of the molecule is CCNC(=NCc1ccc(O)c(F)c1)NCCOc1ccccc1. The maximum atomic E-state index is 13.3. The van der Waals surface area contributed by atoms with Crippen LogP contribution in [0.25, 0.3) is 0 Å². The van der Waals surface area contributed by atoms with Crippen LogP contribution in [0.4, 0.5) is 4.39 Å². The fraction of sp³-hybridized carbons (Fsp3) is 0.278. The van der Waals surface area contributed by atoms with E-state index >= 15 is 0 Å². The lowest BCUT2D eigenvalue weighted by Gasteiger charge is -2.12. The number of nitrogens with one attached hydrogen (secondary N) is 2. The minimum atomic E-state index is -0.642. The van der Waals surface area contributed by atoms with Crippen LogP contribution in [0.5, 0.6) is 11.5 Å². The molecular weight excluding hydrogens is 309 g/mol. The molecule has 2 aromatic carbocycles. The Morgan fingerprint density at radius 3 is 2.67 bits per heavy atom. The highest BCUT2D eigenvalue weighted by atomic mass is 19.1. The minimum Gasteiger partial charge on any atom is -0.505 e. The molecule has 0 saturated carbocycles. The molecule has 5 nitrogen and oxygen atoms in total. The van der Waals surface area contributed by atoms with Crippen LogP contribution in [-0.2, 0) is 6.54 Å². The number of phenols is 1. The van der Waals surface area contributed by atoms with Gasteiger partial charge in [-0.05, 0) is 36.8 Å². The molecule has 0 heterocycles. The van der Waals surface area contributed by atoms with Crippen LogP contribution in [0.2, 0.25) is 0 Å². The van der Waals surface area contributed by atoms with Gasteiger partial charge in [-0.3, -0.25) is 0 Å². The lowest BCUT2D eigenvalue weighted by Crippen LogP contribution is -2.39. The van der Waals surface area contributed by atoms with Gasteiger partial charge in [-0.2, -0.15) is 0 Å². The van der Waals surface area contributed by atoms with Gasteiger partial charge in [-0.25, -0.2) is 9.38 Å². The molecule has 0 unspecified atom stereocenters. The molecular formula is C18H22FN3O2. The predicted molar refractivity (Wildman–Crippen MR) is 92.8 cm³/mol. The zero-order valence-corrected chi connectivity index (χ0v) is 13.6. The fourth-order valence-electron chi connectivity index (χ4n) is 2.02. The molecule has 0 aliphatic carbocycles. The third-order valence-electron chi connectivity index (χ3n) is 3.18. The highest BCUT2D eigenvalue weighted by molar-refractivity contribution is 5.79. The van der Waals surface area contributed by atoms with Gasteiger partial charge in [0.2, 0.25) is 0 Å². The van der Waals surface area contributed by atoms with E-state index in [9.17, 15) is 9.50 Å². The summed E-state index contributed by atoms with van der Waals surface area (Å²) < 4.78 is 18.9. The number of rotatable bonds is 7. The van der Waals surface area contributed by atoms with Crippen LogP contribution in [0, 0.1) is 5.82 Å². The lowest BCUT2D eigenvalue weighted by molar-refractivity contribution is 0.322. The summed E-state index contributed by atoms with van der Waals surface area (Å²) in [4.78, 5) is 4.39. The van der Waals surface area contributed by atoms with Crippen molar-refractivity contribution in [1.82, 2.24) is 10.6 Å². The van der Waals surface area contributed by atoms with Gasteiger partial charge in [-0.1, -0.05) is 24.3 Å². The summed E-state index contributed by atoms with van der Waals surface area (Å²) in [6, 6.07) is 13.8. The molecule has 6 heteroatoms. The Bertz CT molecular complexity index is 663. The highest BCUT2D eigenvalue weighted by Gasteiger charge is 2.02. The Hall–Kier alpha value is -2.76. The van der Waals surface area contributed by atoms with E-state index < -0.39 is 5.82 Å². The first-order chi connectivity index (χ1) is 11.7. The van der Waals surface area contributed by atoms with Gasteiger partial charge in [0.25, 0.3) is 0 Å². The Morgan fingerprint density at radius 1 is 1.17 bits per heavy atom. The molecule has 2 rings (SSSR count). The summed E-state index contributed by atoms with van der Waals surface area (Å²) in [6.07, 6.45) is 0. The number of hydrogen-bond acceptors (Lipinski definition) is 3. The van der Waals surface area contributed by atoms with E-state index in [4.69, 9.17) is 4.74 Å². The Kier molecular flexibility index (Phi) is 6.89. The van der Waals surface area contributed by atoms with Gasteiger partial charge >= 0.3 is 0 Å². The number of benzene rings is 2. The van der Waals surface area contributed by atoms with E-state index in [2.05, 4.69) is 15.6 Å². The molecule has 128 valence electrons. The van der Waals surface area contributed by atoms with E-state index in [1.54, 1.807) is 6.07 Å². The van der Waals surface area contributed by atoms with E-state index in [0.29, 0.717) is 31.2 Å². The molecule has 0 aliphatic heterocycles. The smallest absolute Gasteiger partial charge is 0.191 e. The first kappa shape index (κ1) is 17.6. The van der Waals surface area contributed by atoms with Crippen molar-refractivity contribution in [1.29, 1.82) is 0 Å². The molecule has 0 atom stereocenters. The van der Waals surface area contributed by atoms with Crippen molar-refractivity contribution < 1.29 is 14.2 Å². The summed E-state index contributed by atoms with van der Waals surface area (Å²) in [5.74, 6) is 0.450. The van der Waals surface area contributed by atoms with Crippen molar-refractivity contribution in [2.75, 3.05) is 19.7 Å². The fourth-order valence-corrected chi connectivity index (χ4v) is 2.02. The van der Waals surface area contributed by atoms with Crippen LogP contribution in [-0.4, -0.2) is 30.8 Å². The Balaban J connectivity index is 1.82. The number of ether oxygens (including phenoxy) is 1. The third kappa shape index (κ3) is 5.79. The largest absolute Gasteiger partial charge is 0.505 e. The van der Waals surface area contributed by atoms with Crippen molar-refractivity contribution in [3.63, 3.8) is 0 Å². The van der Waals surface area contributed by atoms with Crippen molar-refractivity contribution in [3.8, 4) is 11.5 Å². The first-order valence-electron chi connectivity index (χ1n) is 7.86. The Labute approximate surface area is 141 Å². The normalized spacial score (nSPS) is 11.2. The molecule has 0 aromatic heterocycles. The van der Waals surface area contributed by atoms with E-state index in [-0.39, 0.29) is 5.75 Å². The molecule has 3 N–H and O–H groups in total. The number of halogens is 1. The van der Waals surface area contributed by atoms with Crippen LogP contribution >= 0.6 is 0 Å². The molecule has 24 heavy (non-hydrogen) atoms. The molecule has 0 saturated heterocycles. The monoisotopic (exact) mass is 331 g/mol. The van der Waals surface area contributed by atoms with E-state index in [1.165, 1.54) is 12.1 Å².